The lowest BCUT2D eigenvalue weighted by atomic mass is 9.94. The quantitative estimate of drug-likeness (QED) is 0.693. The molecule has 0 fully saturated rings. The fraction of sp³-hybridized carbons (Fsp3) is 0.333. The lowest BCUT2D eigenvalue weighted by Crippen LogP contribution is -2.41. The number of fused-ring (bicyclic) bond motifs is 2. The Bertz CT molecular complexity index is 879. The number of amides is 2. The van der Waals surface area contributed by atoms with Crippen LogP contribution in [0.4, 0.5) is 10.5 Å². The van der Waals surface area contributed by atoms with Crippen LogP contribution in [0.3, 0.4) is 0 Å². The van der Waals surface area contributed by atoms with Crippen molar-refractivity contribution in [1.82, 2.24) is 20.1 Å². The first-order chi connectivity index (χ1) is 11.7. The molecule has 0 unspecified atom stereocenters. The lowest BCUT2D eigenvalue weighted by Gasteiger charge is -2.23. The molecule has 0 spiro atoms. The van der Waals surface area contributed by atoms with Crippen molar-refractivity contribution in [1.29, 1.82) is 0 Å². The van der Waals surface area contributed by atoms with E-state index in [0.29, 0.717) is 0 Å². The van der Waals surface area contributed by atoms with E-state index >= 15 is 0 Å². The zero-order valence-corrected chi connectivity index (χ0v) is 13.7. The summed E-state index contributed by atoms with van der Waals surface area (Å²) in [7, 11) is 0. The Morgan fingerprint density at radius 2 is 2.33 bits per heavy atom. The maximum atomic E-state index is 12.3. The molecule has 3 aromatic rings. The number of aromatic amines is 1. The van der Waals surface area contributed by atoms with Gasteiger partial charge in [0.1, 0.15) is 0 Å². The highest BCUT2D eigenvalue weighted by Gasteiger charge is 2.21. The van der Waals surface area contributed by atoms with Crippen LogP contribution in [0.5, 0.6) is 0 Å². The van der Waals surface area contributed by atoms with Gasteiger partial charge in [-0.25, -0.2) is 4.79 Å². The van der Waals surface area contributed by atoms with Gasteiger partial charge in [-0.1, -0.05) is 6.07 Å². The standard InChI is InChI=1S/C18H21N5O/c1-2-23-8-7-12-3-4-15(10-17(12)23)21-18(24)20-14-5-6-16-13(9-14)11-19-22-16/h3-4,7-8,10-11,14H,2,5-6,9H2,1H3,(H,19,22)(H2,20,21,24)/t14-/m1/s1. The smallest absolute Gasteiger partial charge is 0.319 e. The minimum atomic E-state index is -0.152. The van der Waals surface area contributed by atoms with Gasteiger partial charge in [0, 0.05) is 30.2 Å². The molecule has 2 amide bonds. The second-order valence-electron chi connectivity index (χ2n) is 6.29. The molecule has 4 rings (SSSR count). The zero-order chi connectivity index (χ0) is 16.5. The van der Waals surface area contributed by atoms with Gasteiger partial charge >= 0.3 is 6.03 Å². The molecule has 124 valence electrons. The van der Waals surface area contributed by atoms with Crippen LogP contribution in [0.1, 0.15) is 24.6 Å². The maximum absolute atomic E-state index is 12.3. The molecule has 2 heterocycles. The number of aryl methyl sites for hydroxylation is 2. The first kappa shape index (κ1) is 14.8. The first-order valence-electron chi connectivity index (χ1n) is 8.40. The Hall–Kier alpha value is -2.76. The fourth-order valence-electron chi connectivity index (χ4n) is 3.43. The van der Waals surface area contributed by atoms with E-state index in [-0.39, 0.29) is 12.1 Å². The Morgan fingerprint density at radius 3 is 3.21 bits per heavy atom. The molecular formula is C18H21N5O. The summed E-state index contributed by atoms with van der Waals surface area (Å²) in [6, 6.07) is 8.09. The van der Waals surface area contributed by atoms with Gasteiger partial charge in [-0.3, -0.25) is 5.10 Å². The Morgan fingerprint density at radius 1 is 1.42 bits per heavy atom. The van der Waals surface area contributed by atoms with Gasteiger partial charge < -0.3 is 15.2 Å². The summed E-state index contributed by atoms with van der Waals surface area (Å²) in [6.07, 6.45) is 6.61. The van der Waals surface area contributed by atoms with Crippen LogP contribution in [0.2, 0.25) is 0 Å². The highest BCUT2D eigenvalue weighted by atomic mass is 16.2. The number of hydrogen-bond donors (Lipinski definition) is 3. The molecule has 1 atom stereocenters. The molecule has 1 aromatic carbocycles. The van der Waals surface area contributed by atoms with Gasteiger partial charge in [0.2, 0.25) is 0 Å². The van der Waals surface area contributed by atoms with Gasteiger partial charge in [-0.05, 0) is 55.3 Å². The predicted octanol–water partition coefficient (Wildman–Crippen LogP) is 3.06. The number of carbonyl (C=O) groups is 1. The molecule has 0 saturated carbocycles. The molecule has 1 aliphatic carbocycles. The van der Waals surface area contributed by atoms with Gasteiger partial charge in [0.05, 0.1) is 11.7 Å². The minimum Gasteiger partial charge on any atom is -0.348 e. The highest BCUT2D eigenvalue weighted by molar-refractivity contribution is 5.93. The third-order valence-corrected chi connectivity index (χ3v) is 4.72. The normalized spacial score (nSPS) is 16.8. The molecule has 0 saturated heterocycles. The van der Waals surface area contributed by atoms with E-state index in [1.54, 1.807) is 0 Å². The van der Waals surface area contributed by atoms with E-state index in [1.165, 1.54) is 16.6 Å². The Labute approximate surface area is 140 Å². The Kier molecular flexibility index (Phi) is 3.72. The third kappa shape index (κ3) is 2.75. The van der Waals surface area contributed by atoms with Crippen molar-refractivity contribution in [3.05, 3.63) is 47.9 Å². The van der Waals surface area contributed by atoms with Crippen LogP contribution in [0.15, 0.2) is 36.7 Å². The number of rotatable bonds is 3. The van der Waals surface area contributed by atoms with Crippen molar-refractivity contribution in [2.75, 3.05) is 5.32 Å². The average Bonchev–Trinajstić information content (AvgIpc) is 3.20. The van der Waals surface area contributed by atoms with E-state index in [9.17, 15) is 4.79 Å². The van der Waals surface area contributed by atoms with Crippen LogP contribution in [-0.4, -0.2) is 26.8 Å². The van der Waals surface area contributed by atoms with Crippen LogP contribution in [-0.2, 0) is 19.4 Å². The molecule has 6 nitrogen and oxygen atoms in total. The van der Waals surface area contributed by atoms with Crippen molar-refractivity contribution in [3.63, 3.8) is 0 Å². The van der Waals surface area contributed by atoms with E-state index in [1.807, 2.05) is 24.4 Å². The van der Waals surface area contributed by atoms with Crippen molar-refractivity contribution in [2.45, 2.75) is 38.8 Å². The summed E-state index contributed by atoms with van der Waals surface area (Å²) >= 11 is 0. The van der Waals surface area contributed by atoms with Crippen LogP contribution >= 0.6 is 0 Å². The molecule has 3 N–H and O–H groups in total. The van der Waals surface area contributed by atoms with Gasteiger partial charge in [0.15, 0.2) is 0 Å². The molecule has 0 aliphatic heterocycles. The number of carbonyl (C=O) groups excluding carboxylic acids is 1. The number of anilines is 1. The molecule has 0 radical (unpaired) electrons. The third-order valence-electron chi connectivity index (χ3n) is 4.72. The summed E-state index contributed by atoms with van der Waals surface area (Å²) in [5.41, 5.74) is 4.34. The summed E-state index contributed by atoms with van der Waals surface area (Å²) in [6.45, 7) is 3.02. The number of benzene rings is 1. The van der Waals surface area contributed by atoms with E-state index in [4.69, 9.17) is 0 Å². The second kappa shape index (κ2) is 6.03. The first-order valence-corrected chi connectivity index (χ1v) is 8.40. The predicted molar refractivity (Wildman–Crippen MR) is 94.2 cm³/mol. The van der Waals surface area contributed by atoms with Crippen molar-refractivity contribution in [3.8, 4) is 0 Å². The van der Waals surface area contributed by atoms with Gasteiger partial charge in [0.25, 0.3) is 0 Å². The summed E-state index contributed by atoms with van der Waals surface area (Å²) in [5.74, 6) is 0. The van der Waals surface area contributed by atoms with E-state index in [2.05, 4.69) is 44.6 Å². The van der Waals surface area contributed by atoms with Crippen molar-refractivity contribution >= 4 is 22.6 Å². The summed E-state index contributed by atoms with van der Waals surface area (Å²) < 4.78 is 2.17. The monoisotopic (exact) mass is 323 g/mol. The summed E-state index contributed by atoms with van der Waals surface area (Å²) in [4.78, 5) is 12.3. The lowest BCUT2D eigenvalue weighted by molar-refractivity contribution is 0.247. The average molecular weight is 323 g/mol. The van der Waals surface area contributed by atoms with E-state index < -0.39 is 0 Å². The largest absolute Gasteiger partial charge is 0.348 e. The van der Waals surface area contributed by atoms with Crippen LogP contribution < -0.4 is 10.6 Å². The fourth-order valence-corrected chi connectivity index (χ4v) is 3.43. The Balaban J connectivity index is 1.43. The number of nitrogens with zero attached hydrogens (tertiary/aromatic N) is 2. The van der Waals surface area contributed by atoms with Crippen molar-refractivity contribution in [2.24, 2.45) is 0 Å². The van der Waals surface area contributed by atoms with Gasteiger partial charge in [-0.2, -0.15) is 5.10 Å². The molecular weight excluding hydrogens is 302 g/mol. The molecule has 24 heavy (non-hydrogen) atoms. The number of hydrogen-bond acceptors (Lipinski definition) is 2. The molecule has 1 aliphatic rings. The van der Waals surface area contributed by atoms with Crippen molar-refractivity contribution < 1.29 is 4.79 Å². The van der Waals surface area contributed by atoms with Crippen LogP contribution in [0, 0.1) is 0 Å². The second-order valence-corrected chi connectivity index (χ2v) is 6.29. The number of nitrogens with one attached hydrogen (secondary N) is 3. The minimum absolute atomic E-state index is 0.151. The highest BCUT2D eigenvalue weighted by Crippen LogP contribution is 2.21. The maximum Gasteiger partial charge on any atom is 0.319 e. The number of aromatic nitrogens is 3. The van der Waals surface area contributed by atoms with E-state index in [0.717, 1.165) is 37.0 Å². The molecule has 6 heteroatoms. The topological polar surface area (TPSA) is 74.7 Å². The zero-order valence-electron chi connectivity index (χ0n) is 13.7. The number of H-pyrrole nitrogens is 1. The van der Waals surface area contributed by atoms with Crippen LogP contribution in [0.25, 0.3) is 10.9 Å². The summed E-state index contributed by atoms with van der Waals surface area (Å²) in [5, 5.41) is 14.3. The SMILES string of the molecule is CCn1ccc2ccc(NC(=O)N[C@@H]3CCc4[nH]ncc4C3)cc21. The number of urea groups is 1. The molecule has 0 bridgehead atoms. The van der Waals surface area contributed by atoms with Gasteiger partial charge in [-0.15, -0.1) is 0 Å². The molecule has 2 aromatic heterocycles.